The fraction of sp³-hybridized carbons (Fsp3) is 0.353. The fourth-order valence-electron chi connectivity index (χ4n) is 3.38. The Balaban J connectivity index is 1.58. The number of pyridine rings is 1. The standard InChI is InChI=1S/C17H19N5O2/c1-12-10-21-7-4-18-16(21)8-15(12)13-9-19-22(11-13)14-2-5-20(6-3-14)17(23)24/h4,7-11,14H,2-3,5-6H2,1H3,(H,23,24). The van der Waals surface area contributed by atoms with Crippen molar-refractivity contribution < 1.29 is 9.90 Å². The van der Waals surface area contributed by atoms with Crippen LogP contribution in [0.5, 0.6) is 0 Å². The SMILES string of the molecule is Cc1cn2ccnc2cc1-c1cnn(C2CCN(C(=O)O)CC2)c1. The molecule has 0 saturated carbocycles. The van der Waals surface area contributed by atoms with Gasteiger partial charge in [0.1, 0.15) is 5.65 Å². The third-order valence-electron chi connectivity index (χ3n) is 4.75. The molecular weight excluding hydrogens is 306 g/mol. The third-order valence-corrected chi connectivity index (χ3v) is 4.75. The molecule has 1 amide bonds. The molecule has 0 aliphatic carbocycles. The number of aromatic nitrogens is 4. The zero-order chi connectivity index (χ0) is 16.7. The Hall–Kier alpha value is -2.83. The maximum atomic E-state index is 11.0. The number of fused-ring (bicyclic) bond motifs is 1. The molecule has 4 heterocycles. The predicted octanol–water partition coefficient (Wildman–Crippen LogP) is 2.82. The van der Waals surface area contributed by atoms with Gasteiger partial charge in [-0.2, -0.15) is 5.10 Å². The Labute approximate surface area is 139 Å². The zero-order valence-electron chi connectivity index (χ0n) is 13.5. The lowest BCUT2D eigenvalue weighted by Gasteiger charge is -2.30. The number of piperidine rings is 1. The van der Waals surface area contributed by atoms with Gasteiger partial charge in [0, 0.05) is 43.4 Å². The molecule has 1 aliphatic heterocycles. The van der Waals surface area contributed by atoms with Crippen molar-refractivity contribution in [1.82, 2.24) is 24.1 Å². The van der Waals surface area contributed by atoms with Crippen molar-refractivity contribution in [2.75, 3.05) is 13.1 Å². The normalized spacial score (nSPS) is 16.0. The van der Waals surface area contributed by atoms with Crippen LogP contribution in [0.4, 0.5) is 4.79 Å². The van der Waals surface area contributed by atoms with Gasteiger partial charge < -0.3 is 14.4 Å². The Morgan fingerprint density at radius 1 is 1.29 bits per heavy atom. The Morgan fingerprint density at radius 2 is 2.08 bits per heavy atom. The van der Waals surface area contributed by atoms with E-state index in [1.807, 2.05) is 21.5 Å². The molecule has 4 rings (SSSR count). The number of likely N-dealkylation sites (tertiary alicyclic amines) is 1. The highest BCUT2D eigenvalue weighted by atomic mass is 16.4. The molecule has 24 heavy (non-hydrogen) atoms. The minimum absolute atomic E-state index is 0.254. The van der Waals surface area contributed by atoms with Gasteiger partial charge in [-0.25, -0.2) is 9.78 Å². The summed E-state index contributed by atoms with van der Waals surface area (Å²) in [4.78, 5) is 16.8. The van der Waals surface area contributed by atoms with Gasteiger partial charge in [-0.3, -0.25) is 4.68 Å². The minimum Gasteiger partial charge on any atom is -0.465 e. The molecule has 0 spiro atoms. The molecule has 1 aliphatic rings. The number of rotatable bonds is 2. The molecule has 3 aromatic rings. The van der Waals surface area contributed by atoms with E-state index in [2.05, 4.69) is 35.5 Å². The lowest BCUT2D eigenvalue weighted by Crippen LogP contribution is -2.38. The molecule has 124 valence electrons. The smallest absolute Gasteiger partial charge is 0.407 e. The first-order valence-corrected chi connectivity index (χ1v) is 8.07. The molecule has 0 bridgehead atoms. The van der Waals surface area contributed by atoms with Gasteiger partial charge in [-0.05, 0) is 37.0 Å². The molecule has 0 unspecified atom stereocenters. The molecule has 7 nitrogen and oxygen atoms in total. The van der Waals surface area contributed by atoms with Crippen LogP contribution in [0, 0.1) is 6.92 Å². The van der Waals surface area contributed by atoms with E-state index in [-0.39, 0.29) is 6.04 Å². The van der Waals surface area contributed by atoms with E-state index in [0.717, 1.165) is 29.6 Å². The number of carbonyl (C=O) groups is 1. The van der Waals surface area contributed by atoms with Crippen molar-refractivity contribution in [2.45, 2.75) is 25.8 Å². The molecule has 3 aromatic heterocycles. The number of carboxylic acid groups (broad SMARTS) is 1. The first kappa shape index (κ1) is 14.7. The highest BCUT2D eigenvalue weighted by molar-refractivity contribution is 5.69. The quantitative estimate of drug-likeness (QED) is 0.786. The summed E-state index contributed by atoms with van der Waals surface area (Å²) in [5.41, 5.74) is 4.28. The van der Waals surface area contributed by atoms with E-state index >= 15 is 0 Å². The van der Waals surface area contributed by atoms with E-state index < -0.39 is 6.09 Å². The average Bonchev–Trinajstić information content (AvgIpc) is 3.22. The second-order valence-electron chi connectivity index (χ2n) is 6.27. The molecule has 0 aromatic carbocycles. The van der Waals surface area contributed by atoms with Gasteiger partial charge in [0.15, 0.2) is 0 Å². The zero-order valence-corrected chi connectivity index (χ0v) is 13.5. The second-order valence-corrected chi connectivity index (χ2v) is 6.27. The van der Waals surface area contributed by atoms with E-state index in [9.17, 15) is 4.79 Å². The van der Waals surface area contributed by atoms with Crippen LogP contribution >= 0.6 is 0 Å². The number of aryl methyl sites for hydroxylation is 1. The number of hydrogen-bond donors (Lipinski definition) is 1. The van der Waals surface area contributed by atoms with Gasteiger partial charge in [0.05, 0.1) is 12.2 Å². The third kappa shape index (κ3) is 2.51. The number of nitrogens with zero attached hydrogens (tertiary/aromatic N) is 5. The summed E-state index contributed by atoms with van der Waals surface area (Å²) in [6, 6.07) is 2.33. The van der Waals surface area contributed by atoms with Crippen molar-refractivity contribution in [3.8, 4) is 11.1 Å². The van der Waals surface area contributed by atoms with Crippen LogP contribution in [0.15, 0.2) is 37.1 Å². The van der Waals surface area contributed by atoms with Gasteiger partial charge in [0.25, 0.3) is 0 Å². The predicted molar refractivity (Wildman–Crippen MR) is 89.0 cm³/mol. The van der Waals surface area contributed by atoms with Crippen LogP contribution in [0.1, 0.15) is 24.4 Å². The van der Waals surface area contributed by atoms with Gasteiger partial charge in [-0.15, -0.1) is 0 Å². The molecule has 7 heteroatoms. The van der Waals surface area contributed by atoms with Gasteiger partial charge >= 0.3 is 6.09 Å². The highest BCUT2D eigenvalue weighted by Crippen LogP contribution is 2.28. The summed E-state index contributed by atoms with van der Waals surface area (Å²) in [6.45, 7) is 3.21. The first-order valence-electron chi connectivity index (χ1n) is 8.07. The summed E-state index contributed by atoms with van der Waals surface area (Å²) < 4.78 is 3.98. The first-order chi connectivity index (χ1) is 11.6. The van der Waals surface area contributed by atoms with E-state index in [1.54, 1.807) is 6.20 Å². The Morgan fingerprint density at radius 3 is 2.83 bits per heavy atom. The summed E-state index contributed by atoms with van der Waals surface area (Å²) in [6.07, 6.45) is 10.5. The molecule has 1 saturated heterocycles. The van der Waals surface area contributed by atoms with Crippen LogP contribution in [-0.4, -0.2) is 48.4 Å². The maximum absolute atomic E-state index is 11.0. The summed E-state index contributed by atoms with van der Waals surface area (Å²) >= 11 is 0. The average molecular weight is 325 g/mol. The highest BCUT2D eigenvalue weighted by Gasteiger charge is 2.24. The van der Waals surface area contributed by atoms with Crippen LogP contribution in [0.3, 0.4) is 0 Å². The van der Waals surface area contributed by atoms with Gasteiger partial charge in [0.2, 0.25) is 0 Å². The lowest BCUT2D eigenvalue weighted by atomic mass is 10.0. The van der Waals surface area contributed by atoms with Crippen molar-refractivity contribution in [1.29, 1.82) is 0 Å². The topological polar surface area (TPSA) is 75.7 Å². The number of hydrogen-bond acceptors (Lipinski definition) is 3. The van der Waals surface area contributed by atoms with Gasteiger partial charge in [-0.1, -0.05) is 0 Å². The largest absolute Gasteiger partial charge is 0.465 e. The Kier molecular flexibility index (Phi) is 3.48. The van der Waals surface area contributed by atoms with Crippen LogP contribution in [-0.2, 0) is 0 Å². The van der Waals surface area contributed by atoms with Crippen LogP contribution < -0.4 is 0 Å². The summed E-state index contributed by atoms with van der Waals surface area (Å²) in [5, 5.41) is 13.6. The minimum atomic E-state index is -0.835. The molecule has 1 fully saturated rings. The molecule has 0 radical (unpaired) electrons. The van der Waals surface area contributed by atoms with Crippen molar-refractivity contribution in [2.24, 2.45) is 0 Å². The number of imidazole rings is 1. The van der Waals surface area contributed by atoms with E-state index in [4.69, 9.17) is 5.11 Å². The van der Waals surface area contributed by atoms with Crippen molar-refractivity contribution in [3.63, 3.8) is 0 Å². The molecule has 1 N–H and O–H groups in total. The lowest BCUT2D eigenvalue weighted by molar-refractivity contribution is 0.124. The van der Waals surface area contributed by atoms with E-state index in [1.165, 1.54) is 10.5 Å². The van der Waals surface area contributed by atoms with E-state index in [0.29, 0.717) is 13.1 Å². The monoisotopic (exact) mass is 325 g/mol. The molecule has 0 atom stereocenters. The number of amides is 1. The van der Waals surface area contributed by atoms with Crippen molar-refractivity contribution in [3.05, 3.63) is 42.6 Å². The van der Waals surface area contributed by atoms with Crippen LogP contribution in [0.25, 0.3) is 16.8 Å². The van der Waals surface area contributed by atoms with Crippen molar-refractivity contribution >= 4 is 11.7 Å². The fourth-order valence-corrected chi connectivity index (χ4v) is 3.38. The Bertz CT molecular complexity index is 889. The summed E-state index contributed by atoms with van der Waals surface area (Å²) in [7, 11) is 0. The summed E-state index contributed by atoms with van der Waals surface area (Å²) in [5.74, 6) is 0. The maximum Gasteiger partial charge on any atom is 0.407 e. The second kappa shape index (κ2) is 5.67. The van der Waals surface area contributed by atoms with Crippen LogP contribution in [0.2, 0.25) is 0 Å². The molecular formula is C17H19N5O2.